The molecule has 10 nitrogen and oxygen atoms in total. The highest BCUT2D eigenvalue weighted by atomic mass is 32.2. The third kappa shape index (κ3) is 4.38. The van der Waals surface area contributed by atoms with E-state index >= 15 is 0 Å². The number of hydrogen-bond acceptors (Lipinski definition) is 10. The number of thioether (sulfide) groups is 1. The first-order chi connectivity index (χ1) is 14.9. The van der Waals surface area contributed by atoms with Gasteiger partial charge in [-0.05, 0) is 34.9 Å². The van der Waals surface area contributed by atoms with Crippen LogP contribution in [-0.4, -0.2) is 36.0 Å². The molecular weight excluding hydrogens is 441 g/mol. The second kappa shape index (κ2) is 8.75. The Labute approximate surface area is 175 Å². The summed E-state index contributed by atoms with van der Waals surface area (Å²) in [6.07, 6.45) is -1.85. The molecule has 3 heterocycles. The molecule has 0 aliphatic rings. The molecule has 0 bridgehead atoms. The number of hydrogen-bond donors (Lipinski definition) is 0. The van der Waals surface area contributed by atoms with Crippen LogP contribution >= 0.6 is 11.8 Å². The molecule has 0 atom stereocenters. The van der Waals surface area contributed by atoms with E-state index in [9.17, 15) is 18.0 Å². The largest absolute Gasteiger partial charge is 0.446 e. The summed E-state index contributed by atoms with van der Waals surface area (Å²) in [5.74, 6) is -0.628. The number of aryl methyl sites for hydroxylation is 2. The molecule has 0 aliphatic carbocycles. The first-order valence-corrected chi connectivity index (χ1v) is 9.84. The van der Waals surface area contributed by atoms with Gasteiger partial charge in [0.05, 0.1) is 11.3 Å². The Bertz CT molecular complexity index is 1250. The molecule has 0 N–H and O–H groups in total. The Morgan fingerprint density at radius 2 is 2.03 bits per heavy atom. The second-order valence-corrected chi connectivity index (χ2v) is 7.28. The van der Waals surface area contributed by atoms with Gasteiger partial charge >= 0.3 is 5.76 Å². The summed E-state index contributed by atoms with van der Waals surface area (Å²) in [6, 6.07) is 2.82. The minimum absolute atomic E-state index is 0.0661. The molecule has 3 aromatic heterocycles. The van der Waals surface area contributed by atoms with Crippen LogP contribution in [0.15, 0.2) is 41.6 Å². The van der Waals surface area contributed by atoms with Crippen molar-refractivity contribution < 1.29 is 26.7 Å². The number of aromatic nitrogens is 6. The van der Waals surface area contributed by atoms with Gasteiger partial charge in [0.1, 0.15) is 5.82 Å². The van der Waals surface area contributed by atoms with Crippen LogP contribution in [-0.2, 0) is 6.42 Å². The van der Waals surface area contributed by atoms with Gasteiger partial charge < -0.3 is 4.42 Å². The van der Waals surface area contributed by atoms with Gasteiger partial charge in [0.15, 0.2) is 10.7 Å². The van der Waals surface area contributed by atoms with E-state index in [1.807, 2.05) is 0 Å². The molecule has 4 aromatic rings. The number of alkyl halides is 2. The molecule has 1 aromatic carbocycles. The van der Waals surface area contributed by atoms with E-state index in [0.717, 1.165) is 22.8 Å². The van der Waals surface area contributed by atoms with Crippen molar-refractivity contribution in [2.45, 2.75) is 31.2 Å². The Morgan fingerprint density at radius 3 is 2.77 bits per heavy atom. The topological polar surface area (TPSA) is 126 Å². The number of halogens is 3. The van der Waals surface area contributed by atoms with Crippen LogP contribution < -0.4 is 5.76 Å². The molecule has 0 spiro atoms. The van der Waals surface area contributed by atoms with Crippen molar-refractivity contribution in [2.75, 3.05) is 5.75 Å². The summed E-state index contributed by atoms with van der Waals surface area (Å²) < 4.78 is 55.4. The lowest BCUT2D eigenvalue weighted by Crippen LogP contribution is -2.14. The van der Waals surface area contributed by atoms with Gasteiger partial charge in [-0.1, -0.05) is 5.16 Å². The first kappa shape index (κ1) is 20.8. The molecule has 4 rings (SSSR count). The monoisotopic (exact) mass is 454 g/mol. The lowest BCUT2D eigenvalue weighted by Gasteiger charge is -2.07. The van der Waals surface area contributed by atoms with Crippen LogP contribution in [0.25, 0.3) is 17.2 Å². The predicted molar refractivity (Wildman–Crippen MR) is 98.4 cm³/mol. The van der Waals surface area contributed by atoms with Crippen molar-refractivity contribution >= 4 is 11.8 Å². The van der Waals surface area contributed by atoms with E-state index in [4.69, 9.17) is 9.05 Å². The fraction of sp³-hybridized carbons (Fsp3) is 0.294. The van der Waals surface area contributed by atoms with Crippen molar-refractivity contribution in [2.24, 2.45) is 0 Å². The lowest BCUT2D eigenvalue weighted by atomic mass is 10.2. The quantitative estimate of drug-likeness (QED) is 0.289. The zero-order valence-corrected chi connectivity index (χ0v) is 16.6. The highest BCUT2D eigenvalue weighted by Gasteiger charge is 2.24. The summed E-state index contributed by atoms with van der Waals surface area (Å²) in [6.45, 7) is 1.70. The van der Waals surface area contributed by atoms with Gasteiger partial charge in [0, 0.05) is 19.1 Å². The molecule has 31 heavy (non-hydrogen) atoms. The van der Waals surface area contributed by atoms with Gasteiger partial charge in [0.2, 0.25) is 17.6 Å². The Morgan fingerprint density at radius 1 is 1.19 bits per heavy atom. The van der Waals surface area contributed by atoms with E-state index in [1.165, 1.54) is 11.8 Å². The van der Waals surface area contributed by atoms with E-state index in [-0.39, 0.29) is 17.2 Å². The highest BCUT2D eigenvalue weighted by Crippen LogP contribution is 2.30. The van der Waals surface area contributed by atoms with Crippen LogP contribution in [0, 0.1) is 12.7 Å². The van der Waals surface area contributed by atoms with E-state index in [1.54, 1.807) is 6.92 Å². The molecule has 0 aliphatic heterocycles. The van der Waals surface area contributed by atoms with Crippen LogP contribution in [0.3, 0.4) is 0 Å². The van der Waals surface area contributed by atoms with Crippen LogP contribution in [0.2, 0.25) is 0 Å². The fourth-order valence-electron chi connectivity index (χ4n) is 2.71. The van der Waals surface area contributed by atoms with Crippen LogP contribution in [0.1, 0.15) is 30.2 Å². The summed E-state index contributed by atoms with van der Waals surface area (Å²) in [5, 5.41) is 19.2. The molecule has 0 unspecified atom stereocenters. The maximum Gasteiger partial charge on any atom is 0.446 e. The summed E-state index contributed by atoms with van der Waals surface area (Å²) in [5.41, 5.74) is -0.850. The summed E-state index contributed by atoms with van der Waals surface area (Å²) in [7, 11) is 0. The van der Waals surface area contributed by atoms with Gasteiger partial charge in [-0.3, -0.25) is 4.52 Å². The van der Waals surface area contributed by atoms with Crippen molar-refractivity contribution in [3.8, 4) is 17.2 Å². The Kier molecular flexibility index (Phi) is 5.88. The Hall–Kier alpha value is -3.42. The van der Waals surface area contributed by atoms with Gasteiger partial charge in [-0.2, -0.15) is 0 Å². The molecule has 0 saturated heterocycles. The normalized spacial score (nSPS) is 11.5. The predicted octanol–water partition coefficient (Wildman–Crippen LogP) is 3.37. The minimum atomic E-state index is -3.07. The average molecular weight is 454 g/mol. The first-order valence-electron chi connectivity index (χ1n) is 8.85. The zero-order chi connectivity index (χ0) is 22.0. The van der Waals surface area contributed by atoms with Gasteiger partial charge in [0.25, 0.3) is 6.43 Å². The van der Waals surface area contributed by atoms with E-state index < -0.39 is 23.6 Å². The molecular formula is C17H13F3N6O4S. The lowest BCUT2D eigenvalue weighted by molar-refractivity contribution is 0.146. The second-order valence-electron chi connectivity index (χ2n) is 6.20. The number of rotatable bonds is 8. The molecule has 162 valence electrons. The fourth-order valence-corrected chi connectivity index (χ4v) is 3.54. The molecule has 0 saturated carbocycles. The number of nitrogens with zero attached hydrogens (tertiary/aromatic N) is 6. The minimum Gasteiger partial charge on any atom is -0.426 e. The Balaban J connectivity index is 1.56. The molecule has 0 amide bonds. The van der Waals surface area contributed by atoms with Gasteiger partial charge in [-0.25, -0.2) is 27.2 Å². The zero-order valence-electron chi connectivity index (χ0n) is 15.8. The van der Waals surface area contributed by atoms with Crippen molar-refractivity contribution in [3.05, 3.63) is 51.9 Å². The maximum absolute atomic E-state index is 13.6. The molecule has 0 radical (unpaired) electrons. The molecule has 0 fully saturated rings. The SMILES string of the molecule is Cc1nnc(CCCSc2nonc2-c2noc(=O)n2-c2ccc(F)c(C(F)F)c2)o1. The maximum atomic E-state index is 13.6. The summed E-state index contributed by atoms with van der Waals surface area (Å²) in [4.78, 5) is 12.2. The van der Waals surface area contributed by atoms with Crippen molar-refractivity contribution in [3.63, 3.8) is 0 Å². The third-order valence-corrected chi connectivity index (χ3v) is 5.12. The van der Waals surface area contributed by atoms with Crippen molar-refractivity contribution in [1.82, 2.24) is 30.2 Å². The standard InChI is InChI=1S/C17H13F3N6O4S/c1-8-21-22-12(28-8)3-2-6-31-16-13(23-30-25-16)15-24-29-17(27)26(15)9-4-5-11(18)10(7-9)14(19)20/h4-5,7,14H,2-3,6H2,1H3. The third-order valence-electron chi connectivity index (χ3n) is 4.09. The average Bonchev–Trinajstić information content (AvgIpc) is 3.45. The smallest absolute Gasteiger partial charge is 0.426 e. The summed E-state index contributed by atoms with van der Waals surface area (Å²) >= 11 is 1.26. The van der Waals surface area contributed by atoms with Gasteiger partial charge in [-0.15, -0.1) is 22.0 Å². The van der Waals surface area contributed by atoms with E-state index in [2.05, 4.69) is 30.2 Å². The number of benzene rings is 1. The van der Waals surface area contributed by atoms with Crippen molar-refractivity contribution in [1.29, 1.82) is 0 Å². The highest BCUT2D eigenvalue weighted by molar-refractivity contribution is 7.99. The van der Waals surface area contributed by atoms with E-state index in [0.29, 0.717) is 35.4 Å². The molecule has 14 heteroatoms. The van der Waals surface area contributed by atoms with Crippen LogP contribution in [0.4, 0.5) is 13.2 Å². The van der Waals surface area contributed by atoms with Crippen LogP contribution in [0.5, 0.6) is 0 Å².